The van der Waals surface area contributed by atoms with Crippen LogP contribution in [-0.2, 0) is 11.3 Å². The Labute approximate surface area is 174 Å². The zero-order valence-corrected chi connectivity index (χ0v) is 16.8. The van der Waals surface area contributed by atoms with Crippen molar-refractivity contribution in [3.05, 3.63) is 81.7 Å². The number of carbonyl (C=O) groups is 1. The summed E-state index contributed by atoms with van der Waals surface area (Å²) in [6, 6.07) is 10.8. The summed E-state index contributed by atoms with van der Waals surface area (Å²) in [7, 11) is 0. The van der Waals surface area contributed by atoms with Crippen LogP contribution in [0.5, 0.6) is 0 Å². The van der Waals surface area contributed by atoms with E-state index in [-0.39, 0.29) is 24.2 Å². The third-order valence-electron chi connectivity index (χ3n) is 4.71. The van der Waals surface area contributed by atoms with Gasteiger partial charge in [-0.3, -0.25) is 14.2 Å². The number of benzene rings is 2. The Morgan fingerprint density at radius 2 is 1.93 bits per heavy atom. The van der Waals surface area contributed by atoms with Crippen LogP contribution in [0, 0.1) is 18.6 Å². The van der Waals surface area contributed by atoms with E-state index in [1.165, 1.54) is 22.2 Å². The average molecular weight is 425 g/mol. The molecule has 1 N–H and O–H groups in total. The number of hydrogen-bond acceptors (Lipinski definition) is 4. The van der Waals surface area contributed by atoms with Crippen LogP contribution in [0.1, 0.15) is 12.0 Å². The number of nitrogens with one attached hydrogen (secondary N) is 1. The molecule has 0 spiro atoms. The fourth-order valence-electron chi connectivity index (χ4n) is 3.10. The van der Waals surface area contributed by atoms with Gasteiger partial charge in [-0.2, -0.15) is 0 Å². The molecule has 0 aliphatic heterocycles. The average Bonchev–Trinajstić information content (AvgIpc) is 3.15. The molecule has 0 bridgehead atoms. The number of aromatic nitrogens is 2. The molecule has 2 heterocycles. The third kappa shape index (κ3) is 3.99. The first-order valence-electron chi connectivity index (χ1n) is 9.21. The van der Waals surface area contributed by atoms with Crippen molar-refractivity contribution in [2.45, 2.75) is 19.9 Å². The number of fused-ring (bicyclic) bond motifs is 1. The van der Waals surface area contributed by atoms with Gasteiger partial charge in [0.1, 0.15) is 16.5 Å². The van der Waals surface area contributed by atoms with Crippen LogP contribution in [0.25, 0.3) is 21.3 Å². The van der Waals surface area contributed by atoms with E-state index >= 15 is 0 Å². The summed E-state index contributed by atoms with van der Waals surface area (Å²) >= 11 is 1.39. The molecule has 8 heteroatoms. The molecule has 2 aromatic carbocycles. The molecule has 4 rings (SSSR count). The molecule has 0 saturated carbocycles. The number of amides is 1. The molecule has 0 aliphatic rings. The van der Waals surface area contributed by atoms with Crippen LogP contribution in [0.15, 0.2) is 59.0 Å². The molecule has 0 radical (unpaired) electrons. The Bertz CT molecular complexity index is 1300. The number of thiophene rings is 1. The molecule has 0 saturated heterocycles. The maximum Gasteiger partial charge on any atom is 0.262 e. The highest BCUT2D eigenvalue weighted by Crippen LogP contribution is 2.30. The lowest BCUT2D eigenvalue weighted by Gasteiger charge is -2.08. The number of halogens is 2. The van der Waals surface area contributed by atoms with Gasteiger partial charge in [-0.15, -0.1) is 11.3 Å². The van der Waals surface area contributed by atoms with Crippen LogP contribution in [-0.4, -0.2) is 15.5 Å². The number of anilines is 1. The highest BCUT2D eigenvalue weighted by molar-refractivity contribution is 7.17. The second kappa shape index (κ2) is 8.16. The van der Waals surface area contributed by atoms with Crippen molar-refractivity contribution in [3.8, 4) is 11.1 Å². The van der Waals surface area contributed by atoms with Crippen molar-refractivity contribution in [1.29, 1.82) is 0 Å². The second-order valence-electron chi connectivity index (χ2n) is 6.86. The number of nitrogens with zero attached hydrogens (tertiary/aromatic N) is 2. The van der Waals surface area contributed by atoms with E-state index in [2.05, 4.69) is 10.3 Å². The highest BCUT2D eigenvalue weighted by Gasteiger charge is 2.14. The molecule has 2 aromatic heterocycles. The first-order chi connectivity index (χ1) is 14.4. The lowest BCUT2D eigenvalue weighted by molar-refractivity contribution is -0.116. The van der Waals surface area contributed by atoms with E-state index in [0.29, 0.717) is 16.3 Å². The Hall–Kier alpha value is -3.39. The quantitative estimate of drug-likeness (QED) is 0.502. The molecule has 0 aliphatic carbocycles. The van der Waals surface area contributed by atoms with Crippen molar-refractivity contribution in [3.63, 3.8) is 0 Å². The number of rotatable bonds is 5. The Morgan fingerprint density at radius 3 is 2.67 bits per heavy atom. The van der Waals surface area contributed by atoms with Crippen molar-refractivity contribution in [2.24, 2.45) is 0 Å². The monoisotopic (exact) mass is 425 g/mol. The van der Waals surface area contributed by atoms with E-state index in [1.807, 2.05) is 36.6 Å². The summed E-state index contributed by atoms with van der Waals surface area (Å²) in [5.74, 6) is -2.07. The van der Waals surface area contributed by atoms with Gasteiger partial charge in [0, 0.05) is 30.0 Å². The highest BCUT2D eigenvalue weighted by atomic mass is 32.1. The topological polar surface area (TPSA) is 64.0 Å². The third-order valence-corrected chi connectivity index (χ3v) is 5.59. The van der Waals surface area contributed by atoms with Crippen molar-refractivity contribution in [2.75, 3.05) is 5.32 Å². The van der Waals surface area contributed by atoms with Crippen molar-refractivity contribution in [1.82, 2.24) is 9.55 Å². The van der Waals surface area contributed by atoms with Crippen LogP contribution in [0.4, 0.5) is 14.5 Å². The summed E-state index contributed by atoms with van der Waals surface area (Å²) in [6.07, 6.45) is 1.35. The fourth-order valence-corrected chi connectivity index (χ4v) is 4.00. The molecule has 4 aromatic rings. The first-order valence-corrected chi connectivity index (χ1v) is 10.1. The van der Waals surface area contributed by atoms with Gasteiger partial charge in [0.2, 0.25) is 5.91 Å². The van der Waals surface area contributed by atoms with Crippen LogP contribution < -0.4 is 10.9 Å². The van der Waals surface area contributed by atoms with Crippen LogP contribution >= 0.6 is 11.3 Å². The van der Waals surface area contributed by atoms with Crippen LogP contribution in [0.3, 0.4) is 0 Å². The minimum atomic E-state index is -0.857. The van der Waals surface area contributed by atoms with Gasteiger partial charge >= 0.3 is 0 Å². The predicted molar refractivity (Wildman–Crippen MR) is 114 cm³/mol. The van der Waals surface area contributed by atoms with Crippen molar-refractivity contribution >= 4 is 33.1 Å². The van der Waals surface area contributed by atoms with Gasteiger partial charge < -0.3 is 5.32 Å². The summed E-state index contributed by atoms with van der Waals surface area (Å²) < 4.78 is 28.0. The summed E-state index contributed by atoms with van der Waals surface area (Å²) in [5, 5.41) is 4.80. The molecule has 30 heavy (non-hydrogen) atoms. The molecule has 0 unspecified atom stereocenters. The van der Waals surface area contributed by atoms with E-state index in [9.17, 15) is 18.4 Å². The number of aryl methyl sites for hydroxylation is 2. The summed E-state index contributed by atoms with van der Waals surface area (Å²) in [4.78, 5) is 30.1. The molecule has 1 amide bonds. The van der Waals surface area contributed by atoms with E-state index in [0.717, 1.165) is 28.8 Å². The maximum atomic E-state index is 13.7. The predicted octanol–water partition coefficient (Wildman–Crippen LogP) is 4.74. The zero-order valence-electron chi connectivity index (χ0n) is 16.0. The van der Waals surface area contributed by atoms with Gasteiger partial charge in [-0.05, 0) is 24.6 Å². The van der Waals surface area contributed by atoms with Gasteiger partial charge in [-0.25, -0.2) is 13.8 Å². The minimum absolute atomic E-state index is 0.0616. The Morgan fingerprint density at radius 1 is 1.17 bits per heavy atom. The van der Waals surface area contributed by atoms with Gasteiger partial charge in [0.05, 0.1) is 17.4 Å². The molecule has 0 fully saturated rings. The Balaban J connectivity index is 1.55. The van der Waals surface area contributed by atoms with Gasteiger partial charge in [0.15, 0.2) is 0 Å². The number of hydrogen-bond donors (Lipinski definition) is 1. The standard InChI is InChI=1S/C22H17F2N3O2S/c1-13-2-4-14(5-3-13)16-11-30-21-20(16)22(29)27(12-25-21)9-8-19(28)26-18-7-6-15(23)10-17(18)24/h2-7,10-12H,8-9H2,1H3,(H,26,28). The second-order valence-corrected chi connectivity index (χ2v) is 7.72. The zero-order chi connectivity index (χ0) is 21.3. The van der Waals surface area contributed by atoms with Crippen LogP contribution in [0.2, 0.25) is 0 Å². The Kier molecular flexibility index (Phi) is 5.41. The lowest BCUT2D eigenvalue weighted by atomic mass is 10.1. The number of carbonyl (C=O) groups excluding carboxylic acids is 1. The van der Waals surface area contributed by atoms with E-state index in [1.54, 1.807) is 0 Å². The smallest absolute Gasteiger partial charge is 0.262 e. The molecule has 5 nitrogen and oxygen atoms in total. The minimum Gasteiger partial charge on any atom is -0.324 e. The lowest BCUT2D eigenvalue weighted by Crippen LogP contribution is -2.23. The van der Waals surface area contributed by atoms with E-state index < -0.39 is 17.5 Å². The molecule has 152 valence electrons. The largest absolute Gasteiger partial charge is 0.324 e. The van der Waals surface area contributed by atoms with E-state index in [4.69, 9.17) is 0 Å². The fraction of sp³-hybridized carbons (Fsp3) is 0.136. The van der Waals surface area contributed by atoms with Gasteiger partial charge in [0.25, 0.3) is 5.56 Å². The molecule has 0 atom stereocenters. The summed E-state index contributed by atoms with van der Waals surface area (Å²) in [5.41, 5.74) is 2.50. The SMILES string of the molecule is Cc1ccc(-c2csc3ncn(CCC(=O)Nc4ccc(F)cc4F)c(=O)c23)cc1. The first kappa shape index (κ1) is 19.9. The summed E-state index contributed by atoms with van der Waals surface area (Å²) in [6.45, 7) is 2.08. The van der Waals surface area contributed by atoms with Crippen molar-refractivity contribution < 1.29 is 13.6 Å². The molecular formula is C22H17F2N3O2S. The normalized spacial score (nSPS) is 11.0. The van der Waals surface area contributed by atoms with Gasteiger partial charge in [-0.1, -0.05) is 29.8 Å². The molecular weight excluding hydrogens is 408 g/mol. The maximum absolute atomic E-state index is 13.7.